The predicted octanol–water partition coefficient (Wildman–Crippen LogP) is 3.17. The summed E-state index contributed by atoms with van der Waals surface area (Å²) < 4.78 is 4.81. The van der Waals surface area contributed by atoms with Gasteiger partial charge in [-0.25, -0.2) is 9.78 Å². The molecule has 162 valence electrons. The van der Waals surface area contributed by atoms with E-state index in [0.29, 0.717) is 11.2 Å². The van der Waals surface area contributed by atoms with E-state index in [4.69, 9.17) is 4.98 Å². The normalized spacial score (nSPS) is 15.4. The summed E-state index contributed by atoms with van der Waals surface area (Å²) in [5, 5.41) is 0. The van der Waals surface area contributed by atoms with E-state index in [1.54, 1.807) is 14.1 Å². The molecule has 1 aliphatic heterocycles. The van der Waals surface area contributed by atoms with E-state index in [-0.39, 0.29) is 11.2 Å². The second kappa shape index (κ2) is 10.2. The Balaban J connectivity index is 1.84. The van der Waals surface area contributed by atoms with Crippen LogP contribution in [0.3, 0.4) is 0 Å². The first kappa shape index (κ1) is 21.8. The number of imidazole rings is 1. The van der Waals surface area contributed by atoms with Gasteiger partial charge in [-0.15, -0.1) is 0 Å². The Kier molecular flexibility index (Phi) is 7.70. The van der Waals surface area contributed by atoms with E-state index >= 15 is 0 Å². The minimum Gasteiger partial charge on any atom is -0.321 e. The van der Waals surface area contributed by atoms with Crippen LogP contribution < -0.4 is 11.2 Å². The van der Waals surface area contributed by atoms with Crippen LogP contribution in [0.25, 0.3) is 11.2 Å². The summed E-state index contributed by atoms with van der Waals surface area (Å²) in [5.74, 6) is 0.922. The van der Waals surface area contributed by atoms with Crippen molar-refractivity contribution in [3.63, 3.8) is 0 Å². The average molecular weight is 404 g/mol. The molecule has 0 aromatic carbocycles. The molecule has 0 amide bonds. The standard InChI is InChI=1S/C22H37N5O2/c1-4-5-6-7-8-9-13-16-27-18(17-26-14-11-10-12-15-26)23-20-19(27)21(28)25(3)22(29)24(20)2/h4-17H2,1-3H3. The number of aryl methyl sites for hydroxylation is 2. The first-order valence-electron chi connectivity index (χ1n) is 11.4. The summed E-state index contributed by atoms with van der Waals surface area (Å²) in [6.07, 6.45) is 12.4. The fourth-order valence-electron chi connectivity index (χ4n) is 4.40. The first-order valence-corrected chi connectivity index (χ1v) is 11.4. The molecule has 7 heteroatoms. The number of aromatic nitrogens is 4. The van der Waals surface area contributed by atoms with Crippen LogP contribution in [-0.2, 0) is 27.2 Å². The fourth-order valence-corrected chi connectivity index (χ4v) is 4.40. The fraction of sp³-hybridized carbons (Fsp3) is 0.773. The Morgan fingerprint density at radius 1 is 0.862 bits per heavy atom. The van der Waals surface area contributed by atoms with Crippen LogP contribution in [0, 0.1) is 0 Å². The molecule has 0 aliphatic carbocycles. The van der Waals surface area contributed by atoms with Gasteiger partial charge < -0.3 is 4.57 Å². The van der Waals surface area contributed by atoms with Gasteiger partial charge in [-0.2, -0.15) is 0 Å². The largest absolute Gasteiger partial charge is 0.332 e. The lowest BCUT2D eigenvalue weighted by atomic mass is 10.1. The summed E-state index contributed by atoms with van der Waals surface area (Å²) in [6.45, 7) is 5.94. The van der Waals surface area contributed by atoms with Crippen LogP contribution in [0.2, 0.25) is 0 Å². The van der Waals surface area contributed by atoms with Crippen LogP contribution in [0.1, 0.15) is 77.0 Å². The molecule has 0 atom stereocenters. The molecule has 3 heterocycles. The first-order chi connectivity index (χ1) is 14.0. The molecule has 3 rings (SSSR count). The maximum absolute atomic E-state index is 12.9. The van der Waals surface area contributed by atoms with Crippen LogP contribution in [-0.4, -0.2) is 36.7 Å². The molecule has 2 aromatic heterocycles. The highest BCUT2D eigenvalue weighted by molar-refractivity contribution is 5.71. The maximum atomic E-state index is 12.9. The Morgan fingerprint density at radius 2 is 1.52 bits per heavy atom. The van der Waals surface area contributed by atoms with Crippen LogP contribution >= 0.6 is 0 Å². The number of hydrogen-bond donors (Lipinski definition) is 0. The molecule has 1 saturated heterocycles. The number of fused-ring (bicyclic) bond motifs is 1. The van der Waals surface area contributed by atoms with Gasteiger partial charge in [-0.1, -0.05) is 51.9 Å². The highest BCUT2D eigenvalue weighted by Gasteiger charge is 2.21. The molecule has 0 radical (unpaired) electrons. The number of likely N-dealkylation sites (tertiary alicyclic amines) is 1. The molecule has 0 N–H and O–H groups in total. The van der Waals surface area contributed by atoms with Gasteiger partial charge in [-0.3, -0.25) is 18.8 Å². The van der Waals surface area contributed by atoms with Crippen molar-refractivity contribution in [1.82, 2.24) is 23.6 Å². The maximum Gasteiger partial charge on any atom is 0.332 e. The molecular formula is C22H37N5O2. The lowest BCUT2D eigenvalue weighted by molar-refractivity contribution is 0.213. The summed E-state index contributed by atoms with van der Waals surface area (Å²) >= 11 is 0. The van der Waals surface area contributed by atoms with Gasteiger partial charge in [0, 0.05) is 20.6 Å². The van der Waals surface area contributed by atoms with E-state index < -0.39 is 0 Å². The van der Waals surface area contributed by atoms with E-state index in [1.165, 1.54) is 66.9 Å². The zero-order valence-corrected chi connectivity index (χ0v) is 18.5. The monoisotopic (exact) mass is 403 g/mol. The summed E-state index contributed by atoms with van der Waals surface area (Å²) in [4.78, 5) is 32.5. The van der Waals surface area contributed by atoms with Crippen molar-refractivity contribution in [2.45, 2.75) is 84.2 Å². The second-order valence-electron chi connectivity index (χ2n) is 8.52. The minimum atomic E-state index is -0.312. The SMILES string of the molecule is CCCCCCCCCn1c(CN2CCCCC2)nc2c1c(=O)n(C)c(=O)n2C. The Morgan fingerprint density at radius 3 is 2.21 bits per heavy atom. The van der Waals surface area contributed by atoms with Crippen molar-refractivity contribution < 1.29 is 0 Å². The van der Waals surface area contributed by atoms with Gasteiger partial charge in [0.2, 0.25) is 0 Å². The summed E-state index contributed by atoms with van der Waals surface area (Å²) in [7, 11) is 3.26. The third kappa shape index (κ3) is 5.00. The number of hydrogen-bond acceptors (Lipinski definition) is 4. The van der Waals surface area contributed by atoms with E-state index in [1.807, 2.05) is 0 Å². The molecule has 1 aliphatic rings. The van der Waals surface area contributed by atoms with Crippen molar-refractivity contribution in [3.8, 4) is 0 Å². The lowest BCUT2D eigenvalue weighted by Crippen LogP contribution is -2.37. The predicted molar refractivity (Wildman–Crippen MR) is 117 cm³/mol. The summed E-state index contributed by atoms with van der Waals surface area (Å²) in [5.41, 5.74) is 0.552. The second-order valence-corrected chi connectivity index (χ2v) is 8.52. The zero-order valence-electron chi connectivity index (χ0n) is 18.5. The third-order valence-corrected chi connectivity index (χ3v) is 6.23. The van der Waals surface area contributed by atoms with Crippen molar-refractivity contribution >= 4 is 11.2 Å². The van der Waals surface area contributed by atoms with Gasteiger partial charge in [0.15, 0.2) is 11.2 Å². The highest BCUT2D eigenvalue weighted by atomic mass is 16.2. The van der Waals surface area contributed by atoms with Gasteiger partial charge in [0.25, 0.3) is 5.56 Å². The number of unbranched alkanes of at least 4 members (excludes halogenated alkanes) is 6. The molecule has 0 unspecified atom stereocenters. The van der Waals surface area contributed by atoms with Crippen molar-refractivity contribution in [3.05, 3.63) is 26.7 Å². The topological polar surface area (TPSA) is 65.1 Å². The zero-order chi connectivity index (χ0) is 20.8. The van der Waals surface area contributed by atoms with Gasteiger partial charge in [0.1, 0.15) is 5.82 Å². The Labute approximate surface area is 173 Å². The molecule has 0 bridgehead atoms. The smallest absolute Gasteiger partial charge is 0.321 e. The Bertz CT molecular complexity index is 918. The van der Waals surface area contributed by atoms with Crippen LogP contribution in [0.5, 0.6) is 0 Å². The van der Waals surface area contributed by atoms with Gasteiger partial charge in [-0.05, 0) is 32.4 Å². The van der Waals surface area contributed by atoms with Crippen molar-refractivity contribution in [1.29, 1.82) is 0 Å². The van der Waals surface area contributed by atoms with Crippen molar-refractivity contribution in [2.75, 3.05) is 13.1 Å². The molecule has 0 saturated carbocycles. The molecule has 0 spiro atoms. The molecular weight excluding hydrogens is 366 g/mol. The molecule has 2 aromatic rings. The van der Waals surface area contributed by atoms with E-state index in [9.17, 15) is 9.59 Å². The van der Waals surface area contributed by atoms with E-state index in [0.717, 1.165) is 38.4 Å². The van der Waals surface area contributed by atoms with Crippen LogP contribution in [0.15, 0.2) is 9.59 Å². The lowest BCUT2D eigenvalue weighted by Gasteiger charge is -2.26. The number of piperidine rings is 1. The van der Waals surface area contributed by atoms with Crippen LogP contribution in [0.4, 0.5) is 0 Å². The number of rotatable bonds is 10. The quantitative estimate of drug-likeness (QED) is 0.572. The number of nitrogens with zero attached hydrogens (tertiary/aromatic N) is 5. The van der Waals surface area contributed by atoms with Gasteiger partial charge in [0.05, 0.1) is 6.54 Å². The molecule has 29 heavy (non-hydrogen) atoms. The molecule has 7 nitrogen and oxygen atoms in total. The average Bonchev–Trinajstić information content (AvgIpc) is 3.09. The van der Waals surface area contributed by atoms with Crippen molar-refractivity contribution in [2.24, 2.45) is 14.1 Å². The summed E-state index contributed by atoms with van der Waals surface area (Å²) in [6, 6.07) is 0. The minimum absolute atomic E-state index is 0.233. The van der Waals surface area contributed by atoms with E-state index in [2.05, 4.69) is 16.4 Å². The Hall–Kier alpha value is -1.89. The highest BCUT2D eigenvalue weighted by Crippen LogP contribution is 2.18. The third-order valence-electron chi connectivity index (χ3n) is 6.23. The molecule has 1 fully saturated rings. The van der Waals surface area contributed by atoms with Gasteiger partial charge >= 0.3 is 5.69 Å².